The zero-order valence-corrected chi connectivity index (χ0v) is 25.5. The summed E-state index contributed by atoms with van der Waals surface area (Å²) >= 11 is 0. The maximum absolute atomic E-state index is 11.9. The highest BCUT2D eigenvalue weighted by molar-refractivity contribution is 5.70. The van der Waals surface area contributed by atoms with Crippen molar-refractivity contribution in [3.8, 4) is 0 Å². The summed E-state index contributed by atoms with van der Waals surface area (Å²) < 4.78 is 10.1. The number of carbonyl (C=O) groups is 2. The maximum Gasteiger partial charge on any atom is 0.306 e. The number of ether oxygens (including phenoxy) is 2. The van der Waals surface area contributed by atoms with E-state index in [0.717, 1.165) is 19.3 Å². The van der Waals surface area contributed by atoms with E-state index in [1.165, 1.54) is 135 Å². The molecule has 38 heavy (non-hydrogen) atoms. The van der Waals surface area contributed by atoms with Gasteiger partial charge in [-0.15, -0.1) is 0 Å². The number of hydrogen-bond acceptors (Lipinski definition) is 5. The normalized spacial score (nSPS) is 12.0. The monoisotopic (exact) mass is 540 g/mol. The lowest BCUT2D eigenvalue weighted by Crippen LogP contribution is -2.28. The second kappa shape index (κ2) is 30.4. The molecule has 0 aromatic rings. The summed E-state index contributed by atoms with van der Waals surface area (Å²) in [4.78, 5) is 23.0. The molecule has 0 heterocycles. The SMILES string of the molecule is CCCCCCCCCCCCCCCCCCCCCCCCCCC(=O)OC(CO)COC(=O)CC. The van der Waals surface area contributed by atoms with E-state index in [0.29, 0.717) is 6.42 Å². The average molecular weight is 541 g/mol. The van der Waals surface area contributed by atoms with Gasteiger partial charge in [-0.3, -0.25) is 9.59 Å². The van der Waals surface area contributed by atoms with Gasteiger partial charge >= 0.3 is 11.9 Å². The van der Waals surface area contributed by atoms with Gasteiger partial charge in [0.05, 0.1) is 6.61 Å². The summed E-state index contributed by atoms with van der Waals surface area (Å²) in [5.41, 5.74) is 0. The Morgan fingerprint density at radius 1 is 0.526 bits per heavy atom. The fourth-order valence-electron chi connectivity index (χ4n) is 4.89. The molecule has 1 atom stereocenters. The quantitative estimate of drug-likeness (QED) is 0.0725. The predicted molar refractivity (Wildman–Crippen MR) is 159 cm³/mol. The van der Waals surface area contributed by atoms with E-state index in [4.69, 9.17) is 9.47 Å². The van der Waals surface area contributed by atoms with Crippen LogP contribution in [0.1, 0.15) is 181 Å². The van der Waals surface area contributed by atoms with Crippen molar-refractivity contribution in [3.05, 3.63) is 0 Å². The van der Waals surface area contributed by atoms with Crippen molar-refractivity contribution < 1.29 is 24.2 Å². The molecule has 0 fully saturated rings. The van der Waals surface area contributed by atoms with Gasteiger partial charge in [0.15, 0.2) is 6.10 Å². The Balaban J connectivity index is 3.25. The van der Waals surface area contributed by atoms with Crippen LogP contribution in [-0.2, 0) is 19.1 Å². The van der Waals surface area contributed by atoms with Gasteiger partial charge in [-0.1, -0.05) is 162 Å². The molecule has 0 saturated heterocycles. The van der Waals surface area contributed by atoms with E-state index in [2.05, 4.69) is 6.92 Å². The van der Waals surface area contributed by atoms with E-state index < -0.39 is 6.10 Å². The smallest absolute Gasteiger partial charge is 0.306 e. The fraction of sp³-hybridized carbons (Fsp3) is 0.939. The number of esters is 2. The first kappa shape index (κ1) is 36.9. The van der Waals surface area contributed by atoms with E-state index in [9.17, 15) is 14.7 Å². The van der Waals surface area contributed by atoms with Crippen LogP contribution in [0.2, 0.25) is 0 Å². The first-order valence-electron chi connectivity index (χ1n) is 16.6. The topological polar surface area (TPSA) is 72.8 Å². The lowest BCUT2D eigenvalue weighted by atomic mass is 10.0. The molecule has 0 aromatic heterocycles. The minimum Gasteiger partial charge on any atom is -0.462 e. The molecule has 0 aliphatic rings. The average Bonchev–Trinajstić information content (AvgIpc) is 2.93. The van der Waals surface area contributed by atoms with Crippen molar-refractivity contribution in [1.82, 2.24) is 0 Å². The number of aliphatic hydroxyl groups is 1. The van der Waals surface area contributed by atoms with Crippen LogP contribution in [0.25, 0.3) is 0 Å². The highest BCUT2D eigenvalue weighted by Crippen LogP contribution is 2.16. The Hall–Kier alpha value is -1.10. The van der Waals surface area contributed by atoms with Crippen molar-refractivity contribution in [2.45, 2.75) is 187 Å². The molecule has 0 aliphatic carbocycles. The Morgan fingerprint density at radius 3 is 1.18 bits per heavy atom. The van der Waals surface area contributed by atoms with E-state index in [-0.39, 0.29) is 31.6 Å². The molecule has 5 nitrogen and oxygen atoms in total. The molecule has 0 rings (SSSR count). The van der Waals surface area contributed by atoms with Crippen molar-refractivity contribution >= 4 is 11.9 Å². The summed E-state index contributed by atoms with van der Waals surface area (Å²) in [6.07, 6.45) is 32.4. The van der Waals surface area contributed by atoms with Gasteiger partial charge in [-0.2, -0.15) is 0 Å². The molecule has 0 aliphatic heterocycles. The third kappa shape index (κ3) is 27.9. The van der Waals surface area contributed by atoms with Crippen LogP contribution >= 0.6 is 0 Å². The summed E-state index contributed by atoms with van der Waals surface area (Å²) in [5.74, 6) is -0.681. The lowest BCUT2D eigenvalue weighted by molar-refractivity contribution is -0.161. The minimum atomic E-state index is -0.757. The van der Waals surface area contributed by atoms with Crippen molar-refractivity contribution in [2.75, 3.05) is 13.2 Å². The second-order valence-corrected chi connectivity index (χ2v) is 11.2. The molecule has 1 N–H and O–H groups in total. The Labute approximate surface area is 236 Å². The van der Waals surface area contributed by atoms with Gasteiger partial charge in [-0.25, -0.2) is 0 Å². The molecule has 226 valence electrons. The van der Waals surface area contributed by atoms with E-state index in [1.54, 1.807) is 6.92 Å². The van der Waals surface area contributed by atoms with Crippen LogP contribution in [-0.4, -0.2) is 36.4 Å². The van der Waals surface area contributed by atoms with Crippen molar-refractivity contribution in [3.63, 3.8) is 0 Å². The molecular formula is C33H64O5. The van der Waals surface area contributed by atoms with Crippen LogP contribution < -0.4 is 0 Å². The predicted octanol–water partition coefficient (Wildman–Crippen LogP) is 9.62. The molecule has 0 radical (unpaired) electrons. The number of rotatable bonds is 30. The fourth-order valence-corrected chi connectivity index (χ4v) is 4.89. The Morgan fingerprint density at radius 2 is 0.868 bits per heavy atom. The van der Waals surface area contributed by atoms with Crippen molar-refractivity contribution in [2.24, 2.45) is 0 Å². The summed E-state index contributed by atoms with van der Waals surface area (Å²) in [7, 11) is 0. The lowest BCUT2D eigenvalue weighted by Gasteiger charge is -2.15. The summed E-state index contributed by atoms with van der Waals surface area (Å²) in [5, 5.41) is 9.25. The highest BCUT2D eigenvalue weighted by atomic mass is 16.6. The van der Waals surface area contributed by atoms with Gasteiger partial charge in [0.1, 0.15) is 6.61 Å². The van der Waals surface area contributed by atoms with Crippen LogP contribution in [0.15, 0.2) is 0 Å². The third-order valence-corrected chi connectivity index (χ3v) is 7.46. The number of aliphatic hydroxyl groups excluding tert-OH is 1. The van der Waals surface area contributed by atoms with Gasteiger partial charge in [0.25, 0.3) is 0 Å². The first-order chi connectivity index (χ1) is 18.6. The largest absolute Gasteiger partial charge is 0.462 e. The second-order valence-electron chi connectivity index (χ2n) is 11.2. The zero-order valence-electron chi connectivity index (χ0n) is 25.5. The third-order valence-electron chi connectivity index (χ3n) is 7.46. The molecule has 0 aromatic carbocycles. The molecule has 1 unspecified atom stereocenters. The standard InChI is InChI=1S/C33H64O5/c1-3-5-6-7-8-9-10-11-12-13-14-15-16-17-18-19-20-21-22-23-24-25-26-27-28-33(36)38-31(29-34)30-37-32(35)4-2/h31,34H,3-30H2,1-2H3. The molecule has 0 saturated carbocycles. The molecule has 0 bridgehead atoms. The van der Waals surface area contributed by atoms with E-state index >= 15 is 0 Å². The Bertz CT molecular complexity index is 508. The van der Waals surface area contributed by atoms with Crippen LogP contribution in [0.3, 0.4) is 0 Å². The number of hydrogen-bond donors (Lipinski definition) is 1. The highest BCUT2D eigenvalue weighted by Gasteiger charge is 2.15. The van der Waals surface area contributed by atoms with Gasteiger partial charge in [0, 0.05) is 12.8 Å². The molecule has 5 heteroatoms. The summed E-state index contributed by atoms with van der Waals surface area (Å²) in [6.45, 7) is 3.58. The Kier molecular flexibility index (Phi) is 29.6. The minimum absolute atomic E-state index is 0.0750. The zero-order chi connectivity index (χ0) is 27.9. The summed E-state index contributed by atoms with van der Waals surface area (Å²) in [6, 6.07) is 0. The van der Waals surface area contributed by atoms with Crippen LogP contribution in [0, 0.1) is 0 Å². The van der Waals surface area contributed by atoms with Gasteiger partial charge in [-0.05, 0) is 6.42 Å². The molecule has 0 amide bonds. The number of carbonyl (C=O) groups excluding carboxylic acids is 2. The van der Waals surface area contributed by atoms with Gasteiger partial charge in [0.2, 0.25) is 0 Å². The van der Waals surface area contributed by atoms with E-state index in [1.807, 2.05) is 0 Å². The molecule has 0 spiro atoms. The molecular weight excluding hydrogens is 476 g/mol. The van der Waals surface area contributed by atoms with Gasteiger partial charge < -0.3 is 14.6 Å². The van der Waals surface area contributed by atoms with Crippen molar-refractivity contribution in [1.29, 1.82) is 0 Å². The van der Waals surface area contributed by atoms with Crippen LogP contribution in [0.5, 0.6) is 0 Å². The maximum atomic E-state index is 11.9. The first-order valence-corrected chi connectivity index (χ1v) is 16.6. The number of unbranched alkanes of at least 4 members (excludes halogenated alkanes) is 23. The van der Waals surface area contributed by atoms with Crippen LogP contribution in [0.4, 0.5) is 0 Å².